The Morgan fingerprint density at radius 2 is 1.73 bits per heavy atom. The molecule has 22 heavy (non-hydrogen) atoms. The molecule has 0 aliphatic rings. The highest BCUT2D eigenvalue weighted by atomic mass is 32.2. The number of benzene rings is 1. The first-order chi connectivity index (χ1) is 9.97. The lowest BCUT2D eigenvalue weighted by atomic mass is 10.3. The monoisotopic (exact) mass is 366 g/mol. The fourth-order valence-electron chi connectivity index (χ4n) is 1.18. The van der Waals surface area contributed by atoms with Crippen LogP contribution >= 0.6 is 19.6 Å². The zero-order chi connectivity index (χ0) is 17.0. The predicted octanol–water partition coefficient (Wildman–Crippen LogP) is 4.49. The average molecular weight is 366 g/mol. The van der Waals surface area contributed by atoms with Crippen molar-refractivity contribution in [2.45, 2.75) is 23.9 Å². The number of rotatable bonds is 7. The normalized spacial score (nSPS) is 15.4. The van der Waals surface area contributed by atoms with Gasteiger partial charge >= 0.3 is 19.9 Å². The Kier molecular flexibility index (Phi) is 6.26. The van der Waals surface area contributed by atoms with E-state index in [2.05, 4.69) is 9.05 Å². The van der Waals surface area contributed by atoms with E-state index in [1.54, 1.807) is 0 Å². The Morgan fingerprint density at radius 1 is 1.18 bits per heavy atom. The predicted molar refractivity (Wildman–Crippen MR) is 70.2 cm³/mol. The quantitative estimate of drug-likeness (QED) is 0.438. The lowest BCUT2D eigenvalue weighted by Gasteiger charge is -2.19. The lowest BCUT2D eigenvalue weighted by Crippen LogP contribution is -2.38. The van der Waals surface area contributed by atoms with E-state index in [1.807, 2.05) is 0 Å². The second-order valence-corrected chi connectivity index (χ2v) is 6.37. The number of alkyl halides is 5. The minimum Gasteiger partial charge on any atom is -0.404 e. The largest absolute Gasteiger partial charge is 0.527 e. The van der Waals surface area contributed by atoms with Crippen LogP contribution in [0.4, 0.5) is 22.0 Å². The van der Waals surface area contributed by atoms with Crippen LogP contribution in [0.1, 0.15) is 6.92 Å². The zero-order valence-corrected chi connectivity index (χ0v) is 12.9. The highest BCUT2D eigenvalue weighted by Crippen LogP contribution is 2.44. The van der Waals surface area contributed by atoms with Crippen LogP contribution in [0.5, 0.6) is 5.75 Å². The molecule has 126 valence electrons. The molecule has 0 saturated carbocycles. The molecule has 1 rings (SSSR count). The summed E-state index contributed by atoms with van der Waals surface area (Å²) in [6.45, 7) is 1.42. The third-order valence-electron chi connectivity index (χ3n) is 2.17. The van der Waals surface area contributed by atoms with Crippen molar-refractivity contribution < 1.29 is 40.5 Å². The second-order valence-electron chi connectivity index (χ2n) is 3.94. The van der Waals surface area contributed by atoms with Crippen molar-refractivity contribution in [1.29, 1.82) is 0 Å². The molecule has 1 atom stereocenters. The van der Waals surface area contributed by atoms with Gasteiger partial charge in [0.15, 0.2) is 0 Å². The van der Waals surface area contributed by atoms with E-state index in [0.29, 0.717) is 11.8 Å². The number of thioether (sulfide) groups is 1. The second kappa shape index (κ2) is 7.16. The molecule has 1 aromatic rings. The highest BCUT2D eigenvalue weighted by Gasteiger charge is 2.57. The van der Waals surface area contributed by atoms with Gasteiger partial charge < -0.3 is 4.52 Å². The molecular weight excluding hydrogens is 354 g/mol. The van der Waals surface area contributed by atoms with Crippen molar-refractivity contribution in [3.05, 3.63) is 24.3 Å². The SMILES string of the molecule is CCOP(=O)(O)Oc1ccc(SCC(F)(F)C(F)(F)F)cc1. The van der Waals surface area contributed by atoms with E-state index < -0.39 is 25.7 Å². The maximum Gasteiger partial charge on any atom is 0.527 e. The van der Waals surface area contributed by atoms with Crippen LogP contribution in [-0.4, -0.2) is 29.4 Å². The molecule has 0 aliphatic carbocycles. The van der Waals surface area contributed by atoms with E-state index in [4.69, 9.17) is 0 Å². The third kappa shape index (κ3) is 5.75. The Hall–Kier alpha value is -0.830. The standard InChI is InChI=1S/C11H12F5O4PS/c1-2-19-21(17,18)20-8-3-5-9(6-4-8)22-7-10(12,13)11(14,15)16/h3-6H,2,7H2,1H3,(H,17,18). The Bertz CT molecular complexity index is 534. The first-order valence-electron chi connectivity index (χ1n) is 5.81. The van der Waals surface area contributed by atoms with Crippen LogP contribution in [0.25, 0.3) is 0 Å². The molecule has 11 heteroatoms. The molecule has 0 bridgehead atoms. The van der Waals surface area contributed by atoms with Gasteiger partial charge in [0, 0.05) is 4.90 Å². The molecule has 0 aliphatic heterocycles. The van der Waals surface area contributed by atoms with Gasteiger partial charge in [-0.05, 0) is 31.2 Å². The number of phosphoric acid groups is 1. The van der Waals surface area contributed by atoms with E-state index >= 15 is 0 Å². The lowest BCUT2D eigenvalue weighted by molar-refractivity contribution is -0.271. The summed E-state index contributed by atoms with van der Waals surface area (Å²) < 4.78 is 81.9. The van der Waals surface area contributed by atoms with Gasteiger partial charge in [-0.3, -0.25) is 9.42 Å². The average Bonchev–Trinajstić information content (AvgIpc) is 2.36. The summed E-state index contributed by atoms with van der Waals surface area (Å²) in [6.07, 6.45) is -5.61. The summed E-state index contributed by atoms with van der Waals surface area (Å²) in [7, 11) is -4.27. The fourth-order valence-corrected chi connectivity index (χ4v) is 2.78. The van der Waals surface area contributed by atoms with Crippen molar-refractivity contribution in [2.24, 2.45) is 0 Å². The van der Waals surface area contributed by atoms with Crippen LogP contribution in [0.15, 0.2) is 29.2 Å². The van der Waals surface area contributed by atoms with Gasteiger partial charge in [-0.25, -0.2) is 4.57 Å². The molecule has 1 unspecified atom stereocenters. The van der Waals surface area contributed by atoms with Gasteiger partial charge in [-0.1, -0.05) is 0 Å². The van der Waals surface area contributed by atoms with Gasteiger partial charge in [-0.2, -0.15) is 22.0 Å². The highest BCUT2D eigenvalue weighted by molar-refractivity contribution is 7.99. The maximum atomic E-state index is 12.7. The zero-order valence-electron chi connectivity index (χ0n) is 11.1. The number of hydrogen-bond donors (Lipinski definition) is 1. The van der Waals surface area contributed by atoms with Crippen molar-refractivity contribution in [1.82, 2.24) is 0 Å². The summed E-state index contributed by atoms with van der Waals surface area (Å²) in [6, 6.07) is 4.71. The van der Waals surface area contributed by atoms with Crippen LogP contribution in [0.2, 0.25) is 0 Å². The van der Waals surface area contributed by atoms with Crippen LogP contribution in [0.3, 0.4) is 0 Å². The van der Waals surface area contributed by atoms with Gasteiger partial charge in [-0.15, -0.1) is 11.8 Å². The summed E-state index contributed by atoms with van der Waals surface area (Å²) in [5, 5.41) is 0. The van der Waals surface area contributed by atoms with Gasteiger partial charge in [0.25, 0.3) is 0 Å². The molecule has 0 fully saturated rings. The fraction of sp³-hybridized carbons (Fsp3) is 0.455. The molecule has 0 spiro atoms. The van der Waals surface area contributed by atoms with Gasteiger partial charge in [0.05, 0.1) is 12.4 Å². The van der Waals surface area contributed by atoms with Crippen LogP contribution in [0, 0.1) is 0 Å². The topological polar surface area (TPSA) is 55.8 Å². The Balaban J connectivity index is 2.65. The molecule has 1 N–H and O–H groups in total. The smallest absolute Gasteiger partial charge is 0.404 e. The maximum absolute atomic E-state index is 12.7. The van der Waals surface area contributed by atoms with Crippen molar-refractivity contribution in [3.63, 3.8) is 0 Å². The Labute approximate surface area is 127 Å². The molecule has 0 amide bonds. The van der Waals surface area contributed by atoms with Gasteiger partial charge in [0.1, 0.15) is 5.75 Å². The molecular formula is C11H12F5O4PS. The van der Waals surface area contributed by atoms with Crippen LogP contribution < -0.4 is 4.52 Å². The molecule has 0 aromatic heterocycles. The molecule has 0 radical (unpaired) electrons. The molecule has 4 nitrogen and oxygen atoms in total. The van der Waals surface area contributed by atoms with E-state index in [0.717, 1.165) is 12.1 Å². The molecule has 0 heterocycles. The summed E-state index contributed by atoms with van der Waals surface area (Å²) in [4.78, 5) is 9.34. The van der Waals surface area contributed by atoms with Crippen molar-refractivity contribution >= 4 is 19.6 Å². The summed E-state index contributed by atoms with van der Waals surface area (Å²) in [5.74, 6) is -6.34. The number of halogens is 5. The number of hydrogen-bond acceptors (Lipinski definition) is 4. The first-order valence-corrected chi connectivity index (χ1v) is 8.29. The summed E-state index contributed by atoms with van der Waals surface area (Å²) in [5.41, 5.74) is 0. The minimum absolute atomic E-state index is 0.0613. The molecule has 1 aromatic carbocycles. The van der Waals surface area contributed by atoms with E-state index in [1.165, 1.54) is 19.1 Å². The number of phosphoric ester groups is 1. The van der Waals surface area contributed by atoms with Gasteiger partial charge in [0.2, 0.25) is 0 Å². The third-order valence-corrected chi connectivity index (χ3v) is 4.31. The van der Waals surface area contributed by atoms with Crippen molar-refractivity contribution in [2.75, 3.05) is 12.4 Å². The van der Waals surface area contributed by atoms with E-state index in [-0.39, 0.29) is 17.3 Å². The summed E-state index contributed by atoms with van der Waals surface area (Å²) >= 11 is 0.303. The first kappa shape index (κ1) is 19.2. The van der Waals surface area contributed by atoms with Crippen molar-refractivity contribution in [3.8, 4) is 5.75 Å². The Morgan fingerprint density at radius 3 is 2.18 bits per heavy atom. The van der Waals surface area contributed by atoms with E-state index in [9.17, 15) is 31.4 Å². The minimum atomic E-state index is -5.61. The molecule has 0 saturated heterocycles. The van der Waals surface area contributed by atoms with Crippen LogP contribution in [-0.2, 0) is 9.09 Å².